The fourth-order valence-corrected chi connectivity index (χ4v) is 2.35. The molecule has 0 fully saturated rings. The van der Waals surface area contributed by atoms with Gasteiger partial charge in [-0.2, -0.15) is 13.2 Å². The van der Waals surface area contributed by atoms with Crippen LogP contribution in [0.3, 0.4) is 0 Å². The third kappa shape index (κ3) is 5.23. The number of alkyl halides is 3. The van der Waals surface area contributed by atoms with Gasteiger partial charge in [0, 0.05) is 12.3 Å². The molecule has 1 aromatic rings. The fraction of sp³-hybridized carbons (Fsp3) is 0.600. The highest BCUT2D eigenvalue weighted by atomic mass is 19.4. The van der Waals surface area contributed by atoms with Gasteiger partial charge in [-0.15, -0.1) is 0 Å². The summed E-state index contributed by atoms with van der Waals surface area (Å²) in [5.74, 6) is -0.0980. The molecule has 1 N–H and O–H groups in total. The van der Waals surface area contributed by atoms with Crippen molar-refractivity contribution in [2.24, 2.45) is 5.92 Å². The van der Waals surface area contributed by atoms with Crippen molar-refractivity contribution in [3.05, 3.63) is 35.9 Å². The highest BCUT2D eigenvalue weighted by Crippen LogP contribution is 2.34. The Kier molecular flexibility index (Phi) is 5.85. The molecule has 1 rings (SSSR count). The van der Waals surface area contributed by atoms with Gasteiger partial charge in [0.25, 0.3) is 0 Å². The van der Waals surface area contributed by atoms with Crippen molar-refractivity contribution >= 4 is 0 Å². The van der Waals surface area contributed by atoms with Crippen LogP contribution in [0.4, 0.5) is 13.2 Å². The second-order valence-electron chi connectivity index (χ2n) is 5.04. The normalized spacial score (nSPS) is 16.9. The molecule has 3 unspecified atom stereocenters. The van der Waals surface area contributed by atoms with Crippen molar-refractivity contribution in [1.29, 1.82) is 0 Å². The van der Waals surface area contributed by atoms with E-state index >= 15 is 0 Å². The Balaban J connectivity index is 2.80. The predicted octanol–water partition coefficient (Wildman–Crippen LogP) is 4.52. The maximum absolute atomic E-state index is 12.3. The molecular formula is C15H21F3O. The van der Waals surface area contributed by atoms with Gasteiger partial charge < -0.3 is 5.11 Å². The van der Waals surface area contributed by atoms with Gasteiger partial charge in [-0.1, -0.05) is 50.6 Å². The molecule has 108 valence electrons. The van der Waals surface area contributed by atoms with Crippen LogP contribution in [0.25, 0.3) is 0 Å². The quantitative estimate of drug-likeness (QED) is 0.808. The number of aliphatic hydroxyl groups excluding tert-OH is 1. The maximum Gasteiger partial charge on any atom is 0.389 e. The van der Waals surface area contributed by atoms with Gasteiger partial charge in [0.05, 0.1) is 6.10 Å². The topological polar surface area (TPSA) is 20.2 Å². The van der Waals surface area contributed by atoms with E-state index in [1.807, 2.05) is 44.2 Å². The maximum atomic E-state index is 12.3. The first kappa shape index (κ1) is 16.0. The van der Waals surface area contributed by atoms with E-state index in [-0.39, 0.29) is 18.3 Å². The molecule has 0 saturated carbocycles. The average molecular weight is 274 g/mol. The van der Waals surface area contributed by atoms with E-state index in [0.29, 0.717) is 0 Å². The van der Waals surface area contributed by atoms with Gasteiger partial charge in [-0.05, 0) is 17.9 Å². The van der Waals surface area contributed by atoms with Crippen molar-refractivity contribution in [2.75, 3.05) is 0 Å². The van der Waals surface area contributed by atoms with Gasteiger partial charge in [0.2, 0.25) is 0 Å². The Bertz CT molecular complexity index is 361. The zero-order valence-electron chi connectivity index (χ0n) is 11.3. The summed E-state index contributed by atoms with van der Waals surface area (Å²) in [6.45, 7) is 3.95. The van der Waals surface area contributed by atoms with Gasteiger partial charge in [-0.25, -0.2) is 0 Å². The summed E-state index contributed by atoms with van der Waals surface area (Å²) in [5.41, 5.74) is 0.909. The lowest BCUT2D eigenvalue weighted by Crippen LogP contribution is -2.26. The van der Waals surface area contributed by atoms with Gasteiger partial charge >= 0.3 is 6.18 Å². The average Bonchev–Trinajstić information content (AvgIpc) is 2.37. The molecule has 0 bridgehead atoms. The lowest BCUT2D eigenvalue weighted by atomic mass is 9.80. The third-order valence-corrected chi connectivity index (χ3v) is 3.58. The Hall–Kier alpha value is -1.03. The molecule has 0 aliphatic rings. The van der Waals surface area contributed by atoms with Gasteiger partial charge in [0.15, 0.2) is 0 Å². The van der Waals surface area contributed by atoms with E-state index in [0.717, 1.165) is 12.0 Å². The van der Waals surface area contributed by atoms with E-state index < -0.39 is 18.7 Å². The van der Waals surface area contributed by atoms with Crippen LogP contribution in [0.5, 0.6) is 0 Å². The number of halogens is 3. The van der Waals surface area contributed by atoms with Crippen LogP contribution >= 0.6 is 0 Å². The SMILES string of the molecule is CCC(C)C(c1ccccc1)C(O)CCC(F)(F)F. The minimum Gasteiger partial charge on any atom is -0.392 e. The van der Waals surface area contributed by atoms with Crippen LogP contribution in [0.15, 0.2) is 30.3 Å². The lowest BCUT2D eigenvalue weighted by Gasteiger charge is -2.29. The molecule has 0 saturated heterocycles. The molecule has 0 aliphatic carbocycles. The first-order chi connectivity index (χ1) is 8.85. The van der Waals surface area contributed by atoms with Crippen molar-refractivity contribution in [1.82, 2.24) is 0 Å². The number of hydrogen-bond donors (Lipinski definition) is 1. The van der Waals surface area contributed by atoms with Crippen LogP contribution in [0, 0.1) is 5.92 Å². The lowest BCUT2D eigenvalue weighted by molar-refractivity contribution is -0.141. The minimum absolute atomic E-state index is 0.144. The first-order valence-corrected chi connectivity index (χ1v) is 6.65. The van der Waals surface area contributed by atoms with E-state index in [1.165, 1.54) is 0 Å². The van der Waals surface area contributed by atoms with Crippen molar-refractivity contribution < 1.29 is 18.3 Å². The first-order valence-electron chi connectivity index (χ1n) is 6.65. The Labute approximate surface area is 112 Å². The predicted molar refractivity (Wildman–Crippen MR) is 69.9 cm³/mol. The van der Waals surface area contributed by atoms with E-state index in [9.17, 15) is 18.3 Å². The Morgan fingerprint density at radius 2 is 1.74 bits per heavy atom. The summed E-state index contributed by atoms with van der Waals surface area (Å²) in [7, 11) is 0. The molecular weight excluding hydrogens is 253 g/mol. The smallest absolute Gasteiger partial charge is 0.389 e. The van der Waals surface area contributed by atoms with Crippen molar-refractivity contribution in [3.8, 4) is 0 Å². The molecule has 0 aliphatic heterocycles. The number of benzene rings is 1. The summed E-state index contributed by atoms with van der Waals surface area (Å²) in [6.07, 6.45) is -5.53. The van der Waals surface area contributed by atoms with Crippen molar-refractivity contribution in [2.45, 2.75) is 51.3 Å². The third-order valence-electron chi connectivity index (χ3n) is 3.58. The molecule has 19 heavy (non-hydrogen) atoms. The Morgan fingerprint density at radius 3 is 2.21 bits per heavy atom. The van der Waals surface area contributed by atoms with E-state index in [4.69, 9.17) is 0 Å². The number of rotatable bonds is 6. The zero-order chi connectivity index (χ0) is 14.5. The molecule has 0 spiro atoms. The van der Waals surface area contributed by atoms with Crippen LogP contribution in [0.2, 0.25) is 0 Å². The summed E-state index contributed by atoms with van der Waals surface area (Å²) in [4.78, 5) is 0. The highest BCUT2D eigenvalue weighted by molar-refractivity contribution is 5.21. The molecule has 1 aromatic carbocycles. The molecule has 0 heterocycles. The Morgan fingerprint density at radius 1 is 1.16 bits per heavy atom. The standard InChI is InChI=1S/C15H21F3O/c1-3-11(2)14(12-7-5-4-6-8-12)13(19)9-10-15(16,17)18/h4-8,11,13-14,19H,3,9-10H2,1-2H3. The van der Waals surface area contributed by atoms with Crippen LogP contribution in [-0.4, -0.2) is 17.4 Å². The second kappa shape index (κ2) is 6.94. The largest absolute Gasteiger partial charge is 0.392 e. The molecule has 1 nitrogen and oxygen atoms in total. The summed E-state index contributed by atoms with van der Waals surface area (Å²) in [5, 5.41) is 10.1. The molecule has 3 atom stereocenters. The second-order valence-corrected chi connectivity index (χ2v) is 5.04. The summed E-state index contributed by atoms with van der Waals surface area (Å²) >= 11 is 0. The zero-order valence-corrected chi connectivity index (χ0v) is 11.3. The van der Waals surface area contributed by atoms with Crippen LogP contribution < -0.4 is 0 Å². The summed E-state index contributed by atoms with van der Waals surface area (Å²) in [6, 6.07) is 9.29. The number of aliphatic hydroxyl groups is 1. The molecule has 0 aromatic heterocycles. The molecule has 0 radical (unpaired) electrons. The van der Waals surface area contributed by atoms with E-state index in [1.54, 1.807) is 0 Å². The van der Waals surface area contributed by atoms with E-state index in [2.05, 4.69) is 0 Å². The summed E-state index contributed by atoms with van der Waals surface area (Å²) < 4.78 is 36.8. The molecule has 0 amide bonds. The van der Waals surface area contributed by atoms with Gasteiger partial charge in [-0.3, -0.25) is 0 Å². The number of hydrogen-bond acceptors (Lipinski definition) is 1. The van der Waals surface area contributed by atoms with Crippen LogP contribution in [-0.2, 0) is 0 Å². The fourth-order valence-electron chi connectivity index (χ4n) is 2.35. The minimum atomic E-state index is -4.21. The van der Waals surface area contributed by atoms with Gasteiger partial charge in [0.1, 0.15) is 0 Å². The highest BCUT2D eigenvalue weighted by Gasteiger charge is 2.32. The monoisotopic (exact) mass is 274 g/mol. The van der Waals surface area contributed by atoms with Crippen molar-refractivity contribution in [3.63, 3.8) is 0 Å². The van der Waals surface area contributed by atoms with Crippen LogP contribution in [0.1, 0.15) is 44.6 Å². The molecule has 4 heteroatoms.